The molecule has 0 aliphatic heterocycles. The van der Waals surface area contributed by atoms with Gasteiger partial charge in [0.1, 0.15) is 0 Å². The van der Waals surface area contributed by atoms with Crippen LogP contribution in [-0.4, -0.2) is 5.43 Å². The largest absolute Gasteiger partial charge is 1.00 e. The van der Waals surface area contributed by atoms with Crippen LogP contribution in [0, 0.1) is 48.5 Å². The van der Waals surface area contributed by atoms with Crippen molar-refractivity contribution in [2.75, 3.05) is 0 Å². The maximum absolute atomic E-state index is 2.36. The van der Waals surface area contributed by atoms with E-state index < -0.39 is 0 Å². The fourth-order valence-electron chi connectivity index (χ4n) is 6.31. The SMILES string of the molecule is CC[Si](=[Zr+2])CC.CCc1cc2c(-c3cc(C)cc(C)c3)ccc(C)c2[cH-]1.Cc1cc(C)cc(-c2ccc(C)c3[cH-]c(C)cc23)c1.[Cl-].[Cl-]. The van der Waals surface area contributed by atoms with Crippen molar-refractivity contribution in [1.29, 1.82) is 0 Å². The van der Waals surface area contributed by atoms with Crippen LogP contribution in [0.4, 0.5) is 0 Å². The van der Waals surface area contributed by atoms with Gasteiger partial charge in [0, 0.05) is 0 Å². The van der Waals surface area contributed by atoms with Gasteiger partial charge in [0.15, 0.2) is 0 Å². The van der Waals surface area contributed by atoms with Crippen molar-refractivity contribution in [3.05, 3.63) is 129 Å². The smallest absolute Gasteiger partial charge is 0.0274 e. The summed E-state index contributed by atoms with van der Waals surface area (Å²) in [5.74, 6) is 0. The normalized spacial score (nSPS) is 10.4. The van der Waals surface area contributed by atoms with Crippen molar-refractivity contribution in [3.63, 3.8) is 0 Å². The summed E-state index contributed by atoms with van der Waals surface area (Å²) >= 11 is 1.80. The molecule has 246 valence electrons. The van der Waals surface area contributed by atoms with Crippen LogP contribution in [-0.2, 0) is 29.8 Å². The van der Waals surface area contributed by atoms with E-state index in [1.54, 1.807) is 23.3 Å². The van der Waals surface area contributed by atoms with Gasteiger partial charge in [-0.15, -0.1) is 68.1 Å². The fourth-order valence-corrected chi connectivity index (χ4v) is 6.81. The topological polar surface area (TPSA) is 0 Å². The van der Waals surface area contributed by atoms with Crippen molar-refractivity contribution in [3.8, 4) is 22.3 Å². The van der Waals surface area contributed by atoms with Crippen molar-refractivity contribution in [2.45, 2.75) is 87.7 Å². The molecule has 0 bridgehead atoms. The third-order valence-electron chi connectivity index (χ3n) is 8.74. The van der Waals surface area contributed by atoms with E-state index in [-0.39, 0.29) is 30.2 Å². The average Bonchev–Trinajstić information content (AvgIpc) is 3.61. The van der Waals surface area contributed by atoms with E-state index in [2.05, 4.69) is 154 Å². The van der Waals surface area contributed by atoms with Gasteiger partial charge in [-0.05, 0) is 45.2 Å². The second-order valence-corrected chi connectivity index (χ2v) is 20.7. The molecule has 0 heterocycles. The summed E-state index contributed by atoms with van der Waals surface area (Å²) in [6, 6.07) is 34.8. The molecule has 0 fully saturated rings. The van der Waals surface area contributed by atoms with Crippen molar-refractivity contribution >= 4 is 27.0 Å². The number of halogens is 2. The molecule has 0 nitrogen and oxygen atoms in total. The quantitative estimate of drug-likeness (QED) is 0.135. The van der Waals surface area contributed by atoms with E-state index >= 15 is 0 Å². The Kier molecular flexibility index (Phi) is 16.1. The molecule has 6 rings (SSSR count). The third-order valence-corrected chi connectivity index (χ3v) is 15.7. The van der Waals surface area contributed by atoms with E-state index in [0.717, 1.165) is 6.42 Å². The summed E-state index contributed by atoms with van der Waals surface area (Å²) < 4.78 is 0. The summed E-state index contributed by atoms with van der Waals surface area (Å²) in [5.41, 5.74) is 16.4. The molecule has 0 radical (unpaired) electrons. The van der Waals surface area contributed by atoms with Crippen LogP contribution in [0.5, 0.6) is 0 Å². The number of hydrogen-bond acceptors (Lipinski definition) is 0. The van der Waals surface area contributed by atoms with Crippen molar-refractivity contribution < 1.29 is 48.1 Å². The first kappa shape index (κ1) is 41.0. The van der Waals surface area contributed by atoms with Crippen LogP contribution >= 0.6 is 0 Å². The Balaban J connectivity index is 0.000000270. The molecular weight excluding hydrogens is 707 g/mol. The molecule has 4 heteroatoms. The molecule has 47 heavy (non-hydrogen) atoms. The zero-order valence-corrected chi connectivity index (χ0v) is 34.9. The predicted octanol–water partition coefficient (Wildman–Crippen LogP) is 6.75. The van der Waals surface area contributed by atoms with Crippen LogP contribution < -0.4 is 24.8 Å². The van der Waals surface area contributed by atoms with E-state index in [4.69, 9.17) is 0 Å². The number of aryl methyl sites for hydroxylation is 8. The van der Waals surface area contributed by atoms with Gasteiger partial charge in [-0.25, -0.2) is 0 Å². The Labute approximate surface area is 312 Å². The first-order valence-electron chi connectivity index (χ1n) is 16.5. The van der Waals surface area contributed by atoms with E-state index in [1.807, 2.05) is 0 Å². The van der Waals surface area contributed by atoms with Crippen LogP contribution in [0.15, 0.2) is 84.9 Å². The van der Waals surface area contributed by atoms with E-state index in [0.29, 0.717) is 0 Å². The van der Waals surface area contributed by atoms with Crippen LogP contribution in [0.2, 0.25) is 12.1 Å². The molecule has 0 spiro atoms. The summed E-state index contributed by atoms with van der Waals surface area (Å²) in [6.07, 6.45) is 1.10. The van der Waals surface area contributed by atoms with Gasteiger partial charge in [0.2, 0.25) is 0 Å². The van der Waals surface area contributed by atoms with Gasteiger partial charge in [-0.3, -0.25) is 0 Å². The minimum atomic E-state index is 0. The summed E-state index contributed by atoms with van der Waals surface area (Å²) in [4.78, 5) is 0. The average molecular weight is 757 g/mol. The Hall–Kier alpha value is -2.22. The van der Waals surface area contributed by atoms with Crippen LogP contribution in [0.3, 0.4) is 0 Å². The van der Waals surface area contributed by atoms with Gasteiger partial charge in [0.25, 0.3) is 0 Å². The van der Waals surface area contributed by atoms with Gasteiger partial charge < -0.3 is 24.8 Å². The molecule has 6 aromatic carbocycles. The molecular formula is C43H50Cl2SiZr-2. The van der Waals surface area contributed by atoms with Gasteiger partial charge >= 0.3 is 54.7 Å². The number of rotatable bonds is 5. The van der Waals surface area contributed by atoms with Gasteiger partial charge in [-0.1, -0.05) is 110 Å². The maximum atomic E-state index is 2.36. The summed E-state index contributed by atoms with van der Waals surface area (Å²) in [5, 5.41) is 5.56. The van der Waals surface area contributed by atoms with Crippen molar-refractivity contribution in [1.82, 2.24) is 0 Å². The Morgan fingerprint density at radius 2 is 0.936 bits per heavy atom. The summed E-state index contributed by atoms with van der Waals surface area (Å²) in [7, 11) is 0. The first-order chi connectivity index (χ1) is 21.4. The number of hydrogen-bond donors (Lipinski definition) is 0. The second kappa shape index (κ2) is 18.5. The minimum absolute atomic E-state index is 0. The maximum Gasteiger partial charge on any atom is -0.0274 e. The van der Waals surface area contributed by atoms with Gasteiger partial charge in [0.05, 0.1) is 0 Å². The zero-order valence-electron chi connectivity index (χ0n) is 30.0. The third kappa shape index (κ3) is 10.4. The minimum Gasteiger partial charge on any atom is -1.00 e. The Morgan fingerprint density at radius 1 is 0.532 bits per heavy atom. The number of fused-ring (bicyclic) bond motifs is 2. The molecule has 6 aromatic rings. The van der Waals surface area contributed by atoms with Crippen LogP contribution in [0.25, 0.3) is 43.8 Å². The van der Waals surface area contributed by atoms with Crippen molar-refractivity contribution in [2.24, 2.45) is 0 Å². The fraction of sp³-hybridized carbons (Fsp3) is 0.302. The zero-order chi connectivity index (χ0) is 32.8. The standard InChI is InChI=1S/C20H21.C19H19.C4H10Si.2ClH.Zr/c1-5-16-11-19-15(4)6-7-18(20(19)12-16)17-9-13(2)8-14(3)10-17;1-12-7-13(2)9-16(8-12)17-6-5-15(4)18-10-14(3)11-19(17)18;1-3-5-4-2;;;/h6-12H,5H2,1-4H3;5-11H,1-4H3;3-4H2,1-2H3;2*1H;/q2*-1;;;;+2/p-2. The molecule has 0 N–H and O–H groups in total. The molecule has 0 saturated heterocycles. The molecule has 0 saturated carbocycles. The molecule has 0 aliphatic rings. The van der Waals surface area contributed by atoms with Crippen LogP contribution in [0.1, 0.15) is 65.3 Å². The molecule has 0 aliphatic carbocycles. The van der Waals surface area contributed by atoms with E-state index in [1.165, 1.54) is 100 Å². The predicted molar refractivity (Wildman–Crippen MR) is 199 cm³/mol. The van der Waals surface area contributed by atoms with Gasteiger partial charge in [-0.2, -0.15) is 12.1 Å². The molecule has 0 amide bonds. The summed E-state index contributed by atoms with van der Waals surface area (Å²) in [6.45, 7) is 22.1. The molecule has 0 aromatic heterocycles. The monoisotopic (exact) mass is 754 g/mol. The second-order valence-electron chi connectivity index (χ2n) is 12.8. The number of benzene rings is 4. The molecule has 0 atom stereocenters. The molecule has 0 unspecified atom stereocenters. The Morgan fingerprint density at radius 3 is 1.32 bits per heavy atom. The van der Waals surface area contributed by atoms with E-state index in [9.17, 15) is 0 Å². The first-order valence-corrected chi connectivity index (χ1v) is 22.1. The Bertz CT molecular complexity index is 1910.